The molecular weight excluding hydrogens is 511 g/mol. The van der Waals surface area contributed by atoms with E-state index in [9.17, 15) is 4.79 Å². The Morgan fingerprint density at radius 1 is 1.10 bits per heavy atom. The molecule has 1 aliphatic rings. The maximum atomic E-state index is 12.2. The minimum atomic E-state index is -0.351. The summed E-state index contributed by atoms with van der Waals surface area (Å²) in [5.41, 5.74) is 2.58. The quantitative estimate of drug-likeness (QED) is 0.282. The van der Waals surface area contributed by atoms with Crippen molar-refractivity contribution >= 4 is 47.2 Å². The summed E-state index contributed by atoms with van der Waals surface area (Å²) in [6.45, 7) is 1.19. The molecule has 3 rings (SSSR count). The van der Waals surface area contributed by atoms with E-state index >= 15 is 0 Å². The molecule has 9 heteroatoms. The molecular formula is C22H29IN4O4. The van der Waals surface area contributed by atoms with Gasteiger partial charge in [0.15, 0.2) is 17.5 Å². The molecule has 0 aromatic heterocycles. The topological polar surface area (TPSA) is 93.2 Å². The minimum Gasteiger partial charge on any atom is -0.493 e. The summed E-state index contributed by atoms with van der Waals surface area (Å²) >= 11 is 0. The number of carbonyl (C=O) groups excluding carboxylic acids is 1. The number of nitrogens with zero attached hydrogens (tertiary/aromatic N) is 1. The summed E-state index contributed by atoms with van der Waals surface area (Å²) in [6, 6.07) is 13.2. The minimum absolute atomic E-state index is 0. The van der Waals surface area contributed by atoms with Gasteiger partial charge < -0.3 is 30.2 Å². The van der Waals surface area contributed by atoms with Gasteiger partial charge in [0, 0.05) is 37.6 Å². The van der Waals surface area contributed by atoms with Crippen LogP contribution in [0.3, 0.4) is 0 Å². The molecule has 1 saturated heterocycles. The molecule has 1 atom stereocenters. The lowest BCUT2D eigenvalue weighted by Gasteiger charge is -2.15. The van der Waals surface area contributed by atoms with Crippen LogP contribution >= 0.6 is 24.0 Å². The summed E-state index contributed by atoms with van der Waals surface area (Å²) < 4.78 is 16.0. The number of hydrogen-bond acceptors (Lipinski definition) is 5. The highest BCUT2D eigenvalue weighted by molar-refractivity contribution is 14.0. The van der Waals surface area contributed by atoms with Gasteiger partial charge in [0.2, 0.25) is 0 Å². The standard InChI is InChI=1S/C22H28N4O4.HI/c1-23-22(26-17-9-10-18(28-2)20(13-17)29-3)24-14-15-6-4-7-16(12-15)25-21(27)19-8-5-11-30-19;/h4,6-7,9-10,12-13,19H,5,8,11,14H2,1-3H3,(H,25,27)(H2,23,24,26);1H. The predicted molar refractivity (Wildman–Crippen MR) is 133 cm³/mol. The van der Waals surface area contributed by atoms with Gasteiger partial charge in [0.25, 0.3) is 5.91 Å². The van der Waals surface area contributed by atoms with Gasteiger partial charge in [-0.05, 0) is 42.7 Å². The lowest BCUT2D eigenvalue weighted by Crippen LogP contribution is -2.30. The van der Waals surface area contributed by atoms with Crippen LogP contribution in [0.5, 0.6) is 11.5 Å². The molecule has 0 spiro atoms. The first kappa shape index (κ1) is 24.7. The Kier molecular flexibility index (Phi) is 9.86. The van der Waals surface area contributed by atoms with Gasteiger partial charge in [-0.3, -0.25) is 9.79 Å². The zero-order valence-electron chi connectivity index (χ0n) is 17.9. The predicted octanol–water partition coefficient (Wildman–Crippen LogP) is 3.63. The van der Waals surface area contributed by atoms with Crippen LogP contribution < -0.4 is 25.4 Å². The first-order chi connectivity index (χ1) is 14.6. The van der Waals surface area contributed by atoms with E-state index < -0.39 is 0 Å². The van der Waals surface area contributed by atoms with Crippen LogP contribution in [0.25, 0.3) is 0 Å². The van der Waals surface area contributed by atoms with E-state index in [2.05, 4.69) is 20.9 Å². The lowest BCUT2D eigenvalue weighted by molar-refractivity contribution is -0.124. The molecule has 1 amide bonds. The Bertz CT molecular complexity index is 901. The van der Waals surface area contributed by atoms with Crippen molar-refractivity contribution < 1.29 is 19.0 Å². The third-order valence-electron chi connectivity index (χ3n) is 4.75. The van der Waals surface area contributed by atoms with Crippen LogP contribution in [0, 0.1) is 0 Å². The number of halogens is 1. The normalized spacial score (nSPS) is 15.6. The fraction of sp³-hybridized carbons (Fsp3) is 0.364. The number of benzene rings is 2. The van der Waals surface area contributed by atoms with E-state index in [1.807, 2.05) is 42.5 Å². The molecule has 1 unspecified atom stereocenters. The SMILES string of the molecule is CN=C(NCc1cccc(NC(=O)C2CCCO2)c1)Nc1ccc(OC)c(OC)c1.I. The van der Waals surface area contributed by atoms with Gasteiger partial charge in [0.1, 0.15) is 6.10 Å². The van der Waals surface area contributed by atoms with Crippen molar-refractivity contribution in [1.29, 1.82) is 0 Å². The lowest BCUT2D eigenvalue weighted by atomic mass is 10.2. The maximum Gasteiger partial charge on any atom is 0.253 e. The van der Waals surface area contributed by atoms with Gasteiger partial charge in [-0.1, -0.05) is 12.1 Å². The Balaban J connectivity index is 0.00000341. The maximum absolute atomic E-state index is 12.2. The molecule has 0 bridgehead atoms. The highest BCUT2D eigenvalue weighted by atomic mass is 127. The van der Waals surface area contributed by atoms with Crippen molar-refractivity contribution in [2.24, 2.45) is 4.99 Å². The monoisotopic (exact) mass is 540 g/mol. The van der Waals surface area contributed by atoms with Crippen LogP contribution in [0.2, 0.25) is 0 Å². The van der Waals surface area contributed by atoms with Crippen LogP contribution in [0.1, 0.15) is 18.4 Å². The number of ether oxygens (including phenoxy) is 3. The molecule has 3 N–H and O–H groups in total. The summed E-state index contributed by atoms with van der Waals surface area (Å²) in [4.78, 5) is 16.5. The molecule has 31 heavy (non-hydrogen) atoms. The molecule has 1 fully saturated rings. The Hall–Kier alpha value is -2.53. The number of methoxy groups -OCH3 is 2. The second kappa shape index (κ2) is 12.4. The number of carbonyl (C=O) groups is 1. The van der Waals surface area contributed by atoms with Gasteiger partial charge in [-0.25, -0.2) is 0 Å². The molecule has 0 saturated carbocycles. The molecule has 2 aromatic carbocycles. The number of anilines is 2. The third-order valence-corrected chi connectivity index (χ3v) is 4.75. The molecule has 8 nitrogen and oxygen atoms in total. The fourth-order valence-corrected chi connectivity index (χ4v) is 3.18. The second-order valence-electron chi connectivity index (χ2n) is 6.81. The molecule has 0 radical (unpaired) electrons. The van der Waals surface area contributed by atoms with Gasteiger partial charge in [-0.15, -0.1) is 24.0 Å². The number of aliphatic imine (C=N–C) groups is 1. The zero-order valence-corrected chi connectivity index (χ0v) is 20.3. The van der Waals surface area contributed by atoms with Gasteiger partial charge in [0.05, 0.1) is 14.2 Å². The summed E-state index contributed by atoms with van der Waals surface area (Å²) in [7, 11) is 4.90. The summed E-state index contributed by atoms with van der Waals surface area (Å²) in [5.74, 6) is 1.81. The number of nitrogens with one attached hydrogen (secondary N) is 3. The van der Waals surface area contributed by atoms with E-state index in [0.29, 0.717) is 30.6 Å². The average molecular weight is 540 g/mol. The largest absolute Gasteiger partial charge is 0.493 e. The van der Waals surface area contributed by atoms with E-state index in [1.165, 1.54) is 0 Å². The first-order valence-corrected chi connectivity index (χ1v) is 9.84. The highest BCUT2D eigenvalue weighted by Gasteiger charge is 2.23. The van der Waals surface area contributed by atoms with Crippen LogP contribution in [0.15, 0.2) is 47.5 Å². The molecule has 2 aromatic rings. The molecule has 1 aliphatic heterocycles. The zero-order chi connectivity index (χ0) is 21.3. The third kappa shape index (κ3) is 7.00. The van der Waals surface area contributed by atoms with E-state index in [1.54, 1.807) is 21.3 Å². The highest BCUT2D eigenvalue weighted by Crippen LogP contribution is 2.29. The second-order valence-corrected chi connectivity index (χ2v) is 6.81. The van der Waals surface area contributed by atoms with E-state index in [0.717, 1.165) is 29.8 Å². The van der Waals surface area contributed by atoms with E-state index in [-0.39, 0.29) is 36.0 Å². The summed E-state index contributed by atoms with van der Waals surface area (Å²) in [6.07, 6.45) is 1.34. The van der Waals surface area contributed by atoms with Crippen molar-refractivity contribution in [3.8, 4) is 11.5 Å². The number of rotatable bonds is 7. The number of hydrogen-bond donors (Lipinski definition) is 3. The Morgan fingerprint density at radius 2 is 1.87 bits per heavy atom. The molecule has 1 heterocycles. The molecule has 0 aliphatic carbocycles. The van der Waals surface area contributed by atoms with Crippen molar-refractivity contribution in [2.45, 2.75) is 25.5 Å². The van der Waals surface area contributed by atoms with Crippen molar-refractivity contribution in [2.75, 3.05) is 38.5 Å². The van der Waals surface area contributed by atoms with Gasteiger partial charge >= 0.3 is 0 Å². The van der Waals surface area contributed by atoms with Crippen molar-refractivity contribution in [1.82, 2.24) is 5.32 Å². The van der Waals surface area contributed by atoms with Crippen molar-refractivity contribution in [3.05, 3.63) is 48.0 Å². The number of guanidine groups is 1. The Morgan fingerprint density at radius 3 is 2.55 bits per heavy atom. The first-order valence-electron chi connectivity index (χ1n) is 9.84. The summed E-state index contributed by atoms with van der Waals surface area (Å²) in [5, 5.41) is 9.42. The van der Waals surface area contributed by atoms with Crippen LogP contribution in [-0.2, 0) is 16.1 Å². The van der Waals surface area contributed by atoms with Crippen LogP contribution in [-0.4, -0.2) is 45.8 Å². The fourth-order valence-electron chi connectivity index (χ4n) is 3.18. The van der Waals surface area contributed by atoms with Crippen molar-refractivity contribution in [3.63, 3.8) is 0 Å². The smallest absolute Gasteiger partial charge is 0.253 e. The average Bonchev–Trinajstić information content (AvgIpc) is 3.32. The van der Waals surface area contributed by atoms with Crippen LogP contribution in [0.4, 0.5) is 11.4 Å². The molecule has 168 valence electrons. The number of amides is 1. The van der Waals surface area contributed by atoms with Gasteiger partial charge in [-0.2, -0.15) is 0 Å². The Labute approximate surface area is 199 Å². The van der Waals surface area contributed by atoms with E-state index in [4.69, 9.17) is 14.2 Å².